The quantitative estimate of drug-likeness (QED) is 0.835. The summed E-state index contributed by atoms with van der Waals surface area (Å²) in [4.78, 5) is 15.8. The van der Waals surface area contributed by atoms with Crippen LogP contribution in [0.2, 0.25) is 5.02 Å². The van der Waals surface area contributed by atoms with Crippen LogP contribution in [-0.4, -0.2) is 9.55 Å². The number of nitrogens with zero attached hydrogens (tertiary/aromatic N) is 2. The van der Waals surface area contributed by atoms with Gasteiger partial charge in [-0.1, -0.05) is 11.6 Å². The second-order valence-corrected chi connectivity index (χ2v) is 5.43. The summed E-state index contributed by atoms with van der Waals surface area (Å²) >= 11 is 9.21. The van der Waals surface area contributed by atoms with E-state index in [1.807, 2.05) is 0 Å². The molecule has 19 heavy (non-hydrogen) atoms. The molecular weight excluding hydrogens is 335 g/mol. The Hall–Kier alpha value is -1.20. The lowest BCUT2D eigenvalue weighted by Gasteiger charge is -2.12. The Balaban J connectivity index is 2.53. The Morgan fingerprint density at radius 1 is 1.42 bits per heavy atom. The summed E-state index contributed by atoms with van der Waals surface area (Å²) in [6.45, 7) is 3.62. The van der Waals surface area contributed by atoms with E-state index in [4.69, 9.17) is 11.6 Å². The lowest BCUT2D eigenvalue weighted by Crippen LogP contribution is -2.27. The monoisotopic (exact) mass is 344 g/mol. The molecule has 0 radical (unpaired) electrons. The molecule has 0 unspecified atom stereocenters. The standard InChI is InChI=1S/C13H11BrClFN2O/c1-7-12(14)8(2)18(13(19)17-7)6-9-5-10(15)3-4-11(9)16/h3-5H,6H2,1-2H3. The van der Waals surface area contributed by atoms with Crippen molar-refractivity contribution in [1.29, 1.82) is 0 Å². The van der Waals surface area contributed by atoms with Crippen molar-refractivity contribution in [1.82, 2.24) is 9.55 Å². The van der Waals surface area contributed by atoms with Crippen LogP contribution in [0.4, 0.5) is 4.39 Å². The molecule has 0 aliphatic heterocycles. The predicted molar refractivity (Wildman–Crippen MR) is 76.2 cm³/mol. The normalized spacial score (nSPS) is 10.8. The van der Waals surface area contributed by atoms with E-state index < -0.39 is 11.5 Å². The molecule has 1 aromatic heterocycles. The molecule has 0 bridgehead atoms. The van der Waals surface area contributed by atoms with E-state index in [0.29, 0.717) is 22.0 Å². The Morgan fingerprint density at radius 3 is 2.79 bits per heavy atom. The third-order valence-electron chi connectivity index (χ3n) is 2.87. The van der Waals surface area contributed by atoms with Crippen molar-refractivity contribution in [2.24, 2.45) is 0 Å². The minimum atomic E-state index is -0.405. The number of aryl methyl sites for hydroxylation is 1. The van der Waals surface area contributed by atoms with Crippen LogP contribution in [0.5, 0.6) is 0 Å². The summed E-state index contributed by atoms with van der Waals surface area (Å²) in [5.74, 6) is -0.396. The molecule has 3 nitrogen and oxygen atoms in total. The van der Waals surface area contributed by atoms with Gasteiger partial charge in [-0.3, -0.25) is 4.57 Å². The third kappa shape index (κ3) is 2.87. The highest BCUT2D eigenvalue weighted by atomic mass is 79.9. The van der Waals surface area contributed by atoms with Crippen LogP contribution in [-0.2, 0) is 6.54 Å². The van der Waals surface area contributed by atoms with Gasteiger partial charge in [-0.25, -0.2) is 9.18 Å². The first kappa shape index (κ1) is 14.2. The second-order valence-electron chi connectivity index (χ2n) is 4.20. The van der Waals surface area contributed by atoms with E-state index in [0.717, 1.165) is 4.47 Å². The highest BCUT2D eigenvalue weighted by molar-refractivity contribution is 9.10. The minimum Gasteiger partial charge on any atom is -0.291 e. The van der Waals surface area contributed by atoms with Crippen LogP contribution in [0.15, 0.2) is 27.5 Å². The fourth-order valence-electron chi connectivity index (χ4n) is 1.80. The van der Waals surface area contributed by atoms with E-state index >= 15 is 0 Å². The highest BCUT2D eigenvalue weighted by Gasteiger charge is 2.11. The van der Waals surface area contributed by atoms with Gasteiger partial charge in [0.05, 0.1) is 16.7 Å². The summed E-state index contributed by atoms with van der Waals surface area (Å²) in [6, 6.07) is 4.27. The average Bonchev–Trinajstić information content (AvgIpc) is 2.36. The van der Waals surface area contributed by atoms with Crippen LogP contribution >= 0.6 is 27.5 Å². The van der Waals surface area contributed by atoms with Gasteiger partial charge in [0.25, 0.3) is 0 Å². The van der Waals surface area contributed by atoms with Crippen molar-refractivity contribution < 1.29 is 4.39 Å². The largest absolute Gasteiger partial charge is 0.348 e. The Kier molecular flexibility index (Phi) is 4.06. The lowest BCUT2D eigenvalue weighted by atomic mass is 10.2. The van der Waals surface area contributed by atoms with Crippen LogP contribution in [0.3, 0.4) is 0 Å². The van der Waals surface area contributed by atoms with Crippen molar-refractivity contribution in [3.63, 3.8) is 0 Å². The summed E-state index contributed by atoms with van der Waals surface area (Å²) < 4.78 is 15.8. The maximum atomic E-state index is 13.7. The molecule has 0 aliphatic carbocycles. The Bertz CT molecular complexity index is 700. The van der Waals surface area contributed by atoms with E-state index in [1.165, 1.54) is 22.8 Å². The molecule has 0 saturated carbocycles. The zero-order valence-electron chi connectivity index (χ0n) is 10.4. The maximum absolute atomic E-state index is 13.7. The van der Waals surface area contributed by atoms with Crippen molar-refractivity contribution in [3.05, 3.63) is 60.9 Å². The summed E-state index contributed by atoms with van der Waals surface area (Å²) in [5, 5.41) is 0.432. The number of hydrogen-bond donors (Lipinski definition) is 0. The zero-order valence-corrected chi connectivity index (χ0v) is 12.7. The molecule has 0 atom stereocenters. The number of aromatic nitrogens is 2. The van der Waals surface area contributed by atoms with Gasteiger partial charge in [0, 0.05) is 16.3 Å². The number of halogens is 3. The SMILES string of the molecule is Cc1nc(=O)n(Cc2cc(Cl)ccc2F)c(C)c1Br. The van der Waals surface area contributed by atoms with Crippen molar-refractivity contribution >= 4 is 27.5 Å². The summed E-state index contributed by atoms with van der Waals surface area (Å²) in [5.41, 5.74) is 1.27. The van der Waals surface area contributed by atoms with E-state index in [9.17, 15) is 9.18 Å². The smallest absolute Gasteiger partial charge is 0.291 e. The van der Waals surface area contributed by atoms with Crippen molar-refractivity contribution in [2.75, 3.05) is 0 Å². The molecule has 2 rings (SSSR count). The lowest BCUT2D eigenvalue weighted by molar-refractivity contribution is 0.588. The average molecular weight is 346 g/mol. The molecule has 6 heteroatoms. The van der Waals surface area contributed by atoms with Gasteiger partial charge in [0.15, 0.2) is 0 Å². The number of hydrogen-bond acceptors (Lipinski definition) is 2. The molecule has 1 aromatic carbocycles. The topological polar surface area (TPSA) is 34.9 Å². The number of benzene rings is 1. The van der Waals surface area contributed by atoms with Crippen LogP contribution < -0.4 is 5.69 Å². The van der Waals surface area contributed by atoms with E-state index in [2.05, 4.69) is 20.9 Å². The van der Waals surface area contributed by atoms with Crippen molar-refractivity contribution in [2.45, 2.75) is 20.4 Å². The molecule has 0 N–H and O–H groups in total. The molecule has 0 saturated heterocycles. The fraction of sp³-hybridized carbons (Fsp3) is 0.231. The van der Waals surface area contributed by atoms with Crippen LogP contribution in [0, 0.1) is 19.7 Å². The van der Waals surface area contributed by atoms with Crippen molar-refractivity contribution in [3.8, 4) is 0 Å². The molecule has 0 fully saturated rings. The van der Waals surface area contributed by atoms with Gasteiger partial charge in [-0.15, -0.1) is 0 Å². The Morgan fingerprint density at radius 2 is 2.11 bits per heavy atom. The molecular formula is C13H11BrClFN2O. The van der Waals surface area contributed by atoms with Gasteiger partial charge in [-0.2, -0.15) is 4.98 Å². The number of rotatable bonds is 2. The molecule has 100 valence electrons. The van der Waals surface area contributed by atoms with Crippen LogP contribution in [0.1, 0.15) is 17.0 Å². The first-order chi connectivity index (χ1) is 8.90. The fourth-order valence-corrected chi connectivity index (χ4v) is 2.30. The minimum absolute atomic E-state index is 0.100. The zero-order chi connectivity index (χ0) is 14.2. The van der Waals surface area contributed by atoms with Gasteiger partial charge < -0.3 is 0 Å². The molecule has 0 spiro atoms. The first-order valence-corrected chi connectivity index (χ1v) is 6.74. The first-order valence-electron chi connectivity index (χ1n) is 5.57. The Labute approximate surface area is 123 Å². The molecule has 0 amide bonds. The summed E-state index contributed by atoms with van der Waals surface area (Å²) in [7, 11) is 0. The predicted octanol–water partition coefficient (Wildman–Crippen LogP) is 3.46. The van der Waals surface area contributed by atoms with Crippen LogP contribution in [0.25, 0.3) is 0 Å². The summed E-state index contributed by atoms with van der Waals surface area (Å²) in [6.07, 6.45) is 0. The molecule has 0 aliphatic rings. The van der Waals surface area contributed by atoms with Gasteiger partial charge in [0.1, 0.15) is 5.82 Å². The van der Waals surface area contributed by atoms with E-state index in [1.54, 1.807) is 13.8 Å². The third-order valence-corrected chi connectivity index (χ3v) is 4.25. The maximum Gasteiger partial charge on any atom is 0.348 e. The molecule has 2 aromatic rings. The second kappa shape index (κ2) is 5.43. The molecule has 1 heterocycles. The van der Waals surface area contributed by atoms with Gasteiger partial charge in [-0.05, 0) is 48.0 Å². The van der Waals surface area contributed by atoms with E-state index in [-0.39, 0.29) is 6.54 Å². The van der Waals surface area contributed by atoms with Gasteiger partial charge in [0.2, 0.25) is 0 Å². The van der Waals surface area contributed by atoms with Gasteiger partial charge >= 0.3 is 5.69 Å². The highest BCUT2D eigenvalue weighted by Crippen LogP contribution is 2.19.